The largest absolute Gasteiger partial charge is 0.480 e. The van der Waals surface area contributed by atoms with Crippen molar-refractivity contribution in [3.05, 3.63) is 35.9 Å². The van der Waals surface area contributed by atoms with Crippen LogP contribution < -0.4 is 0 Å². The second-order valence-corrected chi connectivity index (χ2v) is 7.92. The predicted molar refractivity (Wildman–Crippen MR) is 99.8 cm³/mol. The van der Waals surface area contributed by atoms with Crippen LogP contribution in [0.3, 0.4) is 0 Å². The fraction of sp³-hybridized carbons (Fsp3) is 0.611. The summed E-state index contributed by atoms with van der Waals surface area (Å²) < 4.78 is 1.80. The van der Waals surface area contributed by atoms with Crippen molar-refractivity contribution in [1.29, 1.82) is 0 Å². The predicted octanol–water partition coefficient (Wildman–Crippen LogP) is 1.33. The second-order valence-electron chi connectivity index (χ2n) is 6.82. The van der Waals surface area contributed by atoms with Crippen molar-refractivity contribution in [2.45, 2.75) is 50.2 Å². The average Bonchev–Trinajstić information content (AvgIpc) is 3.20. The first-order valence-electron chi connectivity index (χ1n) is 9.12. The quantitative estimate of drug-likeness (QED) is 0.459. The molecule has 3 rings (SSSR count). The van der Waals surface area contributed by atoms with Gasteiger partial charge in [-0.2, -0.15) is 0 Å². The Bertz CT molecular complexity index is 591. The van der Waals surface area contributed by atoms with Gasteiger partial charge in [0.2, 0.25) is 0 Å². The summed E-state index contributed by atoms with van der Waals surface area (Å²) in [5.41, 5.74) is 0.280. The Balaban J connectivity index is 1.42. The maximum absolute atomic E-state index is 11.2. The van der Waals surface area contributed by atoms with Crippen LogP contribution in [0, 0.1) is 0 Å². The molecule has 0 bridgehead atoms. The van der Waals surface area contributed by atoms with Crippen molar-refractivity contribution in [3.8, 4) is 0 Å². The standard InChI is InChI=1S/C18H27N3O4S/c22-16(23)15-9-6-11-19(15)10-4-5-12-21-17(24)20(18(25)26-21)13-14-7-2-1-3-8-14/h1-3,7-8,15,17-18,24-25H,4-6,9-13H2,(H,22,23)/t15-,17?,18?/m0/s1. The number of aliphatic hydroxyl groups is 2. The number of carbonyl (C=O) groups is 1. The van der Waals surface area contributed by atoms with Crippen molar-refractivity contribution in [2.24, 2.45) is 0 Å². The maximum Gasteiger partial charge on any atom is 0.320 e. The number of rotatable bonds is 8. The molecular formula is C18H27N3O4S. The molecule has 0 aliphatic carbocycles. The number of hydrogen-bond acceptors (Lipinski definition) is 7. The summed E-state index contributed by atoms with van der Waals surface area (Å²) in [5.74, 6) is -0.729. The molecule has 3 N–H and O–H groups in total. The zero-order valence-electron chi connectivity index (χ0n) is 14.8. The Kier molecular flexibility index (Phi) is 6.91. The molecule has 2 aliphatic rings. The van der Waals surface area contributed by atoms with Crippen LogP contribution in [0.5, 0.6) is 0 Å². The van der Waals surface area contributed by atoms with E-state index in [1.54, 1.807) is 9.21 Å². The van der Waals surface area contributed by atoms with E-state index >= 15 is 0 Å². The van der Waals surface area contributed by atoms with Gasteiger partial charge in [-0.25, -0.2) is 9.21 Å². The van der Waals surface area contributed by atoms with Gasteiger partial charge in [0.15, 0.2) is 11.9 Å². The molecule has 26 heavy (non-hydrogen) atoms. The summed E-state index contributed by atoms with van der Waals surface area (Å²) >= 11 is 1.25. The highest BCUT2D eigenvalue weighted by atomic mass is 32.2. The van der Waals surface area contributed by atoms with Gasteiger partial charge in [-0.1, -0.05) is 30.3 Å². The molecule has 2 saturated heterocycles. The summed E-state index contributed by atoms with van der Waals surface area (Å²) in [5, 5.41) is 29.9. The number of nitrogens with zero attached hydrogens (tertiary/aromatic N) is 3. The molecule has 3 atom stereocenters. The van der Waals surface area contributed by atoms with E-state index in [9.17, 15) is 20.1 Å². The third-order valence-corrected chi connectivity index (χ3v) is 6.10. The van der Waals surface area contributed by atoms with E-state index in [-0.39, 0.29) is 6.04 Å². The second kappa shape index (κ2) is 9.16. The molecule has 2 heterocycles. The minimum atomic E-state index is -0.825. The summed E-state index contributed by atoms with van der Waals surface area (Å²) in [6.45, 7) is 2.75. The van der Waals surface area contributed by atoms with Gasteiger partial charge in [-0.3, -0.25) is 9.69 Å². The number of carboxylic acid groups (broad SMARTS) is 1. The molecule has 2 fully saturated rings. The van der Waals surface area contributed by atoms with E-state index in [0.717, 1.165) is 44.3 Å². The van der Waals surface area contributed by atoms with Crippen LogP contribution in [0.4, 0.5) is 0 Å². The summed E-state index contributed by atoms with van der Waals surface area (Å²) in [4.78, 5) is 14.9. The molecule has 1 aromatic carbocycles. The van der Waals surface area contributed by atoms with E-state index in [1.165, 1.54) is 11.9 Å². The molecule has 2 aliphatic heterocycles. The lowest BCUT2D eigenvalue weighted by atomic mass is 10.2. The van der Waals surface area contributed by atoms with Crippen molar-refractivity contribution >= 4 is 17.9 Å². The first kappa shape index (κ1) is 19.6. The van der Waals surface area contributed by atoms with E-state index in [0.29, 0.717) is 13.1 Å². The van der Waals surface area contributed by atoms with Crippen molar-refractivity contribution in [3.63, 3.8) is 0 Å². The van der Waals surface area contributed by atoms with Crippen LogP contribution in [0.2, 0.25) is 0 Å². The van der Waals surface area contributed by atoms with Crippen molar-refractivity contribution in [1.82, 2.24) is 14.1 Å². The Morgan fingerprint density at radius 2 is 1.88 bits per heavy atom. The molecule has 1 aromatic rings. The van der Waals surface area contributed by atoms with Gasteiger partial charge in [-0.15, -0.1) is 0 Å². The molecule has 8 heteroatoms. The van der Waals surface area contributed by atoms with Gasteiger partial charge in [0.1, 0.15) is 6.04 Å². The number of carboxylic acids is 1. The van der Waals surface area contributed by atoms with Crippen LogP contribution in [0.15, 0.2) is 30.3 Å². The van der Waals surface area contributed by atoms with E-state index in [1.807, 2.05) is 35.2 Å². The zero-order chi connectivity index (χ0) is 18.5. The Morgan fingerprint density at radius 1 is 1.15 bits per heavy atom. The smallest absolute Gasteiger partial charge is 0.320 e. The number of likely N-dealkylation sites (tertiary alicyclic amines) is 1. The third kappa shape index (κ3) is 4.76. The highest BCUT2D eigenvalue weighted by Crippen LogP contribution is 2.33. The van der Waals surface area contributed by atoms with Gasteiger partial charge in [-0.05, 0) is 56.3 Å². The molecule has 0 amide bonds. The molecule has 2 unspecified atom stereocenters. The van der Waals surface area contributed by atoms with Gasteiger partial charge in [0, 0.05) is 13.1 Å². The average molecular weight is 381 g/mol. The van der Waals surface area contributed by atoms with Gasteiger partial charge < -0.3 is 15.3 Å². The molecule has 7 nitrogen and oxygen atoms in total. The summed E-state index contributed by atoms with van der Waals surface area (Å²) in [7, 11) is 0. The number of aliphatic hydroxyl groups excluding tert-OH is 2. The van der Waals surface area contributed by atoms with Crippen molar-refractivity contribution < 1.29 is 20.1 Å². The lowest BCUT2D eigenvalue weighted by Gasteiger charge is -2.25. The normalized spacial score (nSPS) is 28.0. The first-order valence-corrected chi connectivity index (χ1v) is 9.96. The number of hydrogen-bond donors (Lipinski definition) is 3. The lowest BCUT2D eigenvalue weighted by Crippen LogP contribution is -2.40. The van der Waals surface area contributed by atoms with E-state index < -0.39 is 17.9 Å². The van der Waals surface area contributed by atoms with Gasteiger partial charge in [0.05, 0.1) is 0 Å². The number of unbranched alkanes of at least 4 members (excludes halogenated alkanes) is 1. The molecule has 144 valence electrons. The SMILES string of the molecule is O=C(O)[C@@H]1CCCN1CCCCN1SC(O)N(Cc2ccccc2)C1O. The molecule has 0 spiro atoms. The molecular weight excluding hydrogens is 354 g/mol. The van der Waals surface area contributed by atoms with Crippen LogP contribution >= 0.6 is 11.9 Å². The summed E-state index contributed by atoms with van der Waals surface area (Å²) in [6.07, 6.45) is 2.57. The maximum atomic E-state index is 11.2. The summed E-state index contributed by atoms with van der Waals surface area (Å²) in [6, 6.07) is 9.43. The Hall–Kier alpha value is -1.16. The monoisotopic (exact) mass is 381 g/mol. The van der Waals surface area contributed by atoms with E-state index in [2.05, 4.69) is 0 Å². The number of aliphatic carboxylic acids is 1. The van der Waals surface area contributed by atoms with E-state index in [4.69, 9.17) is 0 Å². The minimum Gasteiger partial charge on any atom is -0.480 e. The molecule has 0 saturated carbocycles. The number of benzene rings is 1. The van der Waals surface area contributed by atoms with Crippen LogP contribution in [0.1, 0.15) is 31.2 Å². The molecule has 0 aromatic heterocycles. The van der Waals surface area contributed by atoms with Crippen LogP contribution in [-0.4, -0.2) is 73.0 Å². The lowest BCUT2D eigenvalue weighted by molar-refractivity contribution is -0.142. The Labute approximate surface area is 158 Å². The third-order valence-electron chi connectivity index (χ3n) is 5.00. The topological polar surface area (TPSA) is 87.5 Å². The van der Waals surface area contributed by atoms with Crippen LogP contribution in [0.25, 0.3) is 0 Å². The Morgan fingerprint density at radius 3 is 2.62 bits per heavy atom. The highest BCUT2D eigenvalue weighted by molar-refractivity contribution is 7.97. The van der Waals surface area contributed by atoms with Crippen LogP contribution in [-0.2, 0) is 11.3 Å². The highest BCUT2D eigenvalue weighted by Gasteiger charge is 2.38. The minimum absolute atomic E-state index is 0.343. The van der Waals surface area contributed by atoms with Gasteiger partial charge >= 0.3 is 5.97 Å². The zero-order valence-corrected chi connectivity index (χ0v) is 15.6. The van der Waals surface area contributed by atoms with Crippen molar-refractivity contribution in [2.75, 3.05) is 19.6 Å². The first-order chi connectivity index (χ1) is 12.6. The fourth-order valence-corrected chi connectivity index (χ4v) is 4.60. The molecule has 0 radical (unpaired) electrons. The fourth-order valence-electron chi connectivity index (χ4n) is 3.59. The van der Waals surface area contributed by atoms with Gasteiger partial charge in [0.25, 0.3) is 0 Å².